The highest BCUT2D eigenvalue weighted by Gasteiger charge is 2.26. The lowest BCUT2D eigenvalue weighted by Crippen LogP contribution is -2.28. The highest BCUT2D eigenvalue weighted by atomic mass is 16.5. The first-order valence-corrected chi connectivity index (χ1v) is 6.91. The van der Waals surface area contributed by atoms with E-state index in [9.17, 15) is 4.79 Å². The van der Waals surface area contributed by atoms with E-state index in [1.807, 2.05) is 22.8 Å². The Balaban J connectivity index is 2.16. The second-order valence-electron chi connectivity index (χ2n) is 5.64. The smallest absolute Gasteiger partial charge is 0.360 e. The average Bonchev–Trinajstić information content (AvgIpc) is 2.88. The Bertz CT molecular complexity index is 618. The maximum Gasteiger partial charge on any atom is 0.360 e. The lowest BCUT2D eigenvalue weighted by Gasteiger charge is -2.27. The monoisotopic (exact) mass is 287 g/mol. The number of hydrogen-bond acceptors (Lipinski definition) is 4. The van der Waals surface area contributed by atoms with Crippen LogP contribution in [0.25, 0.3) is 0 Å². The number of methoxy groups -OCH3 is 1. The fourth-order valence-corrected chi connectivity index (χ4v) is 2.31. The summed E-state index contributed by atoms with van der Waals surface area (Å²) in [5.41, 5.74) is 7.24. The summed E-state index contributed by atoms with van der Waals surface area (Å²) in [6, 6.07) is 10.3. The quantitative estimate of drug-likeness (QED) is 0.858. The Morgan fingerprint density at radius 2 is 2.00 bits per heavy atom. The van der Waals surface area contributed by atoms with E-state index in [-0.39, 0.29) is 11.2 Å². The number of nitrogens with zero attached hydrogens (tertiary/aromatic N) is 2. The van der Waals surface area contributed by atoms with Crippen molar-refractivity contribution in [1.29, 1.82) is 0 Å². The molecule has 5 nitrogen and oxygen atoms in total. The summed E-state index contributed by atoms with van der Waals surface area (Å²) in [5.74, 6) is -0.162. The highest BCUT2D eigenvalue weighted by Crippen LogP contribution is 2.27. The van der Waals surface area contributed by atoms with Crippen LogP contribution in [0, 0.1) is 0 Å². The van der Waals surface area contributed by atoms with Crippen LogP contribution in [0.4, 0.5) is 5.82 Å². The number of aryl methyl sites for hydroxylation is 1. The highest BCUT2D eigenvalue weighted by molar-refractivity contribution is 5.92. The number of carbonyl (C=O) groups excluding carboxylic acids is 1. The number of anilines is 1. The van der Waals surface area contributed by atoms with Crippen LogP contribution in [0.2, 0.25) is 0 Å². The number of esters is 1. The molecule has 1 aromatic heterocycles. The maximum absolute atomic E-state index is 11.6. The summed E-state index contributed by atoms with van der Waals surface area (Å²) in [6.45, 7) is 4.16. The van der Waals surface area contributed by atoms with Gasteiger partial charge in [0.15, 0.2) is 5.69 Å². The molecule has 2 N–H and O–H groups in total. The minimum Gasteiger partial charge on any atom is -0.464 e. The van der Waals surface area contributed by atoms with Crippen molar-refractivity contribution in [3.05, 3.63) is 47.9 Å². The van der Waals surface area contributed by atoms with Gasteiger partial charge in [0, 0.05) is 5.54 Å². The van der Waals surface area contributed by atoms with E-state index in [2.05, 4.69) is 35.7 Å². The topological polar surface area (TPSA) is 70.1 Å². The zero-order chi connectivity index (χ0) is 15.5. The summed E-state index contributed by atoms with van der Waals surface area (Å²) in [5, 5.41) is 0. The van der Waals surface area contributed by atoms with E-state index in [1.165, 1.54) is 12.7 Å². The van der Waals surface area contributed by atoms with Crippen LogP contribution in [-0.2, 0) is 16.7 Å². The number of benzene rings is 1. The molecule has 0 aliphatic heterocycles. The van der Waals surface area contributed by atoms with Crippen LogP contribution < -0.4 is 5.73 Å². The molecule has 0 aliphatic rings. The average molecular weight is 287 g/mol. The van der Waals surface area contributed by atoms with Gasteiger partial charge in [-0.15, -0.1) is 0 Å². The van der Waals surface area contributed by atoms with Gasteiger partial charge in [0.2, 0.25) is 0 Å². The van der Waals surface area contributed by atoms with E-state index in [4.69, 9.17) is 5.73 Å². The van der Waals surface area contributed by atoms with Gasteiger partial charge in [-0.05, 0) is 32.3 Å². The molecule has 0 spiro atoms. The number of hydrogen-bond donors (Lipinski definition) is 1. The number of imidazole rings is 1. The van der Waals surface area contributed by atoms with Gasteiger partial charge >= 0.3 is 5.97 Å². The Morgan fingerprint density at radius 1 is 1.33 bits per heavy atom. The van der Waals surface area contributed by atoms with E-state index < -0.39 is 5.97 Å². The van der Waals surface area contributed by atoms with Crippen LogP contribution in [0.15, 0.2) is 36.7 Å². The summed E-state index contributed by atoms with van der Waals surface area (Å²) in [6.07, 6.45) is 3.42. The van der Waals surface area contributed by atoms with Gasteiger partial charge in [-0.2, -0.15) is 0 Å². The molecule has 2 rings (SSSR count). The van der Waals surface area contributed by atoms with Crippen molar-refractivity contribution >= 4 is 11.8 Å². The first-order chi connectivity index (χ1) is 9.95. The Kier molecular flexibility index (Phi) is 4.31. The van der Waals surface area contributed by atoms with Gasteiger partial charge < -0.3 is 15.0 Å². The summed E-state index contributed by atoms with van der Waals surface area (Å²) in [7, 11) is 1.32. The lowest BCUT2D eigenvalue weighted by atomic mass is 9.95. The third kappa shape index (κ3) is 3.24. The van der Waals surface area contributed by atoms with Gasteiger partial charge in [0.05, 0.1) is 13.4 Å². The number of nitrogens with two attached hydrogens (primary N) is 1. The molecule has 5 heteroatoms. The second-order valence-corrected chi connectivity index (χ2v) is 5.64. The van der Waals surface area contributed by atoms with E-state index >= 15 is 0 Å². The zero-order valence-electron chi connectivity index (χ0n) is 12.7. The molecule has 0 saturated carbocycles. The molecule has 0 aliphatic carbocycles. The van der Waals surface area contributed by atoms with Crippen molar-refractivity contribution in [2.45, 2.75) is 32.2 Å². The molecular weight excluding hydrogens is 266 g/mol. The van der Waals surface area contributed by atoms with Crippen LogP contribution in [0.5, 0.6) is 0 Å². The predicted molar refractivity (Wildman–Crippen MR) is 82.1 cm³/mol. The Hall–Kier alpha value is -2.30. The molecule has 1 heterocycles. The number of ether oxygens (including phenoxy) is 1. The fraction of sp³-hybridized carbons (Fsp3) is 0.375. The third-order valence-corrected chi connectivity index (χ3v) is 3.70. The molecule has 0 radical (unpaired) electrons. The lowest BCUT2D eigenvalue weighted by molar-refractivity contribution is 0.0596. The first kappa shape index (κ1) is 15.1. The van der Waals surface area contributed by atoms with Gasteiger partial charge in [0.1, 0.15) is 5.82 Å². The standard InChI is InChI=1S/C16H21N3O2/c1-16(2,10-9-12-7-5-4-6-8-12)19-11-18-13(14(19)17)15(20)21-3/h4-8,11H,9-10,17H2,1-3H3. The van der Waals surface area contributed by atoms with Crippen LogP contribution in [-0.4, -0.2) is 22.6 Å². The minimum absolute atomic E-state index is 0.172. The van der Waals surface area contributed by atoms with E-state index in [1.54, 1.807) is 6.33 Å². The fourth-order valence-electron chi connectivity index (χ4n) is 2.31. The summed E-state index contributed by atoms with van der Waals surface area (Å²) < 4.78 is 6.51. The molecule has 0 fully saturated rings. The Labute approximate surface area is 124 Å². The number of carbonyl (C=O) groups is 1. The van der Waals surface area contributed by atoms with Crippen LogP contribution in [0.1, 0.15) is 36.3 Å². The van der Waals surface area contributed by atoms with E-state index in [0.717, 1.165) is 12.8 Å². The zero-order valence-corrected chi connectivity index (χ0v) is 12.7. The van der Waals surface area contributed by atoms with Gasteiger partial charge in [-0.25, -0.2) is 9.78 Å². The van der Waals surface area contributed by atoms with Crippen molar-refractivity contribution < 1.29 is 9.53 Å². The Morgan fingerprint density at radius 3 is 2.62 bits per heavy atom. The number of nitrogen functional groups attached to an aromatic ring is 1. The molecule has 0 saturated heterocycles. The number of aromatic nitrogens is 2. The van der Waals surface area contributed by atoms with Crippen LogP contribution in [0.3, 0.4) is 0 Å². The van der Waals surface area contributed by atoms with Crippen molar-refractivity contribution in [3.63, 3.8) is 0 Å². The van der Waals surface area contributed by atoms with Crippen molar-refractivity contribution in [1.82, 2.24) is 9.55 Å². The SMILES string of the molecule is COC(=O)c1ncn(C(C)(C)CCc2ccccc2)c1N. The van der Waals surface area contributed by atoms with Gasteiger partial charge in [-0.3, -0.25) is 0 Å². The normalized spacial score (nSPS) is 11.4. The molecule has 1 aromatic carbocycles. The maximum atomic E-state index is 11.6. The molecule has 2 aromatic rings. The first-order valence-electron chi connectivity index (χ1n) is 6.91. The molecular formula is C16H21N3O2. The summed E-state index contributed by atoms with van der Waals surface area (Å²) >= 11 is 0. The molecule has 0 unspecified atom stereocenters. The van der Waals surface area contributed by atoms with E-state index in [0.29, 0.717) is 5.82 Å². The largest absolute Gasteiger partial charge is 0.464 e. The minimum atomic E-state index is -0.509. The van der Waals surface area contributed by atoms with Crippen molar-refractivity contribution in [2.75, 3.05) is 12.8 Å². The van der Waals surface area contributed by atoms with Gasteiger partial charge in [-0.1, -0.05) is 30.3 Å². The van der Waals surface area contributed by atoms with Crippen molar-refractivity contribution in [3.8, 4) is 0 Å². The second kappa shape index (κ2) is 5.99. The van der Waals surface area contributed by atoms with Gasteiger partial charge in [0.25, 0.3) is 0 Å². The molecule has 0 amide bonds. The third-order valence-electron chi connectivity index (χ3n) is 3.70. The molecule has 0 bridgehead atoms. The molecule has 112 valence electrons. The van der Waals surface area contributed by atoms with Crippen LogP contribution >= 0.6 is 0 Å². The number of rotatable bonds is 5. The molecule has 0 atom stereocenters. The molecule has 21 heavy (non-hydrogen) atoms. The predicted octanol–water partition coefficient (Wildman–Crippen LogP) is 2.62. The summed E-state index contributed by atoms with van der Waals surface area (Å²) in [4.78, 5) is 15.6. The van der Waals surface area contributed by atoms with Crippen molar-refractivity contribution in [2.24, 2.45) is 0 Å².